The van der Waals surface area contributed by atoms with E-state index in [0.717, 1.165) is 25.7 Å². The van der Waals surface area contributed by atoms with Crippen LogP contribution in [0.4, 0.5) is 4.79 Å². The summed E-state index contributed by atoms with van der Waals surface area (Å²) in [6.07, 6.45) is 6.57. The van der Waals surface area contributed by atoms with Gasteiger partial charge in [-0.25, -0.2) is 4.79 Å². The molecular weight excluding hydrogens is 234 g/mol. The second-order valence-corrected chi connectivity index (χ2v) is 2.83. The van der Waals surface area contributed by atoms with E-state index in [1.807, 2.05) is 26.1 Å². The SMILES string of the molecule is CCCC#CO.CCCC#CO.CCOC(N)=O. The van der Waals surface area contributed by atoms with Crippen LogP contribution in [-0.4, -0.2) is 22.9 Å². The fourth-order valence-corrected chi connectivity index (χ4v) is 0.504. The van der Waals surface area contributed by atoms with Gasteiger partial charge in [0.2, 0.25) is 0 Å². The van der Waals surface area contributed by atoms with Crippen LogP contribution in [0.5, 0.6) is 0 Å². The molecule has 0 aliphatic heterocycles. The van der Waals surface area contributed by atoms with E-state index in [9.17, 15) is 4.79 Å². The van der Waals surface area contributed by atoms with Crippen molar-refractivity contribution in [2.75, 3.05) is 6.61 Å². The maximum absolute atomic E-state index is 9.60. The van der Waals surface area contributed by atoms with Crippen molar-refractivity contribution < 1.29 is 19.7 Å². The summed E-state index contributed by atoms with van der Waals surface area (Å²) in [6.45, 7) is 6.09. The average molecular weight is 257 g/mol. The van der Waals surface area contributed by atoms with Crippen LogP contribution in [0.15, 0.2) is 0 Å². The van der Waals surface area contributed by atoms with Crippen LogP contribution in [-0.2, 0) is 4.74 Å². The molecule has 0 aliphatic carbocycles. The lowest BCUT2D eigenvalue weighted by Gasteiger charge is -1.89. The molecule has 0 aliphatic rings. The van der Waals surface area contributed by atoms with E-state index in [0.29, 0.717) is 6.61 Å². The van der Waals surface area contributed by atoms with Gasteiger partial charge in [-0.1, -0.05) is 25.7 Å². The van der Waals surface area contributed by atoms with Gasteiger partial charge in [-0.2, -0.15) is 0 Å². The van der Waals surface area contributed by atoms with E-state index in [4.69, 9.17) is 10.2 Å². The molecule has 104 valence electrons. The normalized spacial score (nSPS) is 6.61. The third-order valence-electron chi connectivity index (χ3n) is 1.19. The highest BCUT2D eigenvalue weighted by Crippen LogP contribution is 1.79. The van der Waals surface area contributed by atoms with Gasteiger partial charge in [-0.05, 0) is 19.8 Å². The zero-order valence-corrected chi connectivity index (χ0v) is 11.3. The van der Waals surface area contributed by atoms with Gasteiger partial charge in [0.1, 0.15) is 12.2 Å². The van der Waals surface area contributed by atoms with E-state index < -0.39 is 6.09 Å². The smallest absolute Gasteiger partial charge is 0.404 e. The number of hydrogen-bond acceptors (Lipinski definition) is 4. The van der Waals surface area contributed by atoms with Gasteiger partial charge in [-0.15, -0.1) is 0 Å². The fourth-order valence-electron chi connectivity index (χ4n) is 0.504. The summed E-state index contributed by atoms with van der Waals surface area (Å²) >= 11 is 0. The van der Waals surface area contributed by atoms with Crippen molar-refractivity contribution in [1.82, 2.24) is 0 Å². The van der Waals surface area contributed by atoms with Crippen molar-refractivity contribution in [2.45, 2.75) is 46.5 Å². The van der Waals surface area contributed by atoms with E-state index in [-0.39, 0.29) is 0 Å². The highest BCUT2D eigenvalue weighted by atomic mass is 16.5. The minimum Gasteiger partial charge on any atom is -0.462 e. The molecule has 0 spiro atoms. The molecule has 0 bridgehead atoms. The second kappa shape index (κ2) is 24.3. The molecule has 0 aromatic carbocycles. The molecule has 1 amide bonds. The Morgan fingerprint density at radius 2 is 1.44 bits per heavy atom. The first-order valence-electron chi connectivity index (χ1n) is 5.76. The number of primary amides is 1. The zero-order valence-electron chi connectivity index (χ0n) is 11.3. The predicted molar refractivity (Wildman–Crippen MR) is 70.4 cm³/mol. The van der Waals surface area contributed by atoms with Crippen LogP contribution in [0, 0.1) is 24.1 Å². The summed E-state index contributed by atoms with van der Waals surface area (Å²) in [5, 5.41) is 15.7. The Balaban J connectivity index is -0.000000187. The first-order valence-corrected chi connectivity index (χ1v) is 5.76. The minimum atomic E-state index is -0.711. The predicted octanol–water partition coefficient (Wildman–Crippen LogP) is 2.34. The molecule has 0 aromatic heterocycles. The van der Waals surface area contributed by atoms with Gasteiger partial charge in [0.25, 0.3) is 0 Å². The number of ether oxygens (including phenoxy) is 1. The quantitative estimate of drug-likeness (QED) is 0.676. The Morgan fingerprint density at radius 1 is 1.06 bits per heavy atom. The Kier molecular flexibility index (Phi) is 28.7. The molecule has 5 nitrogen and oxygen atoms in total. The average Bonchev–Trinajstić information content (AvgIpc) is 2.35. The molecule has 0 rings (SSSR count). The standard InChI is InChI=1S/2C5H8O.C3H7NO2/c2*1-2-3-4-5-6;1-2-6-3(4)5/h2*6H,2-3H2,1H3;2H2,1H3,(H2,4,5). The molecule has 18 heavy (non-hydrogen) atoms. The van der Waals surface area contributed by atoms with Crippen molar-refractivity contribution in [3.8, 4) is 24.1 Å². The Morgan fingerprint density at radius 3 is 1.50 bits per heavy atom. The largest absolute Gasteiger partial charge is 0.462 e. The number of nitrogens with two attached hydrogens (primary N) is 1. The van der Waals surface area contributed by atoms with Crippen molar-refractivity contribution >= 4 is 6.09 Å². The highest BCUT2D eigenvalue weighted by molar-refractivity contribution is 5.64. The van der Waals surface area contributed by atoms with Gasteiger partial charge in [0.15, 0.2) is 0 Å². The number of carbonyl (C=O) groups excluding carboxylic acids is 1. The van der Waals surface area contributed by atoms with Gasteiger partial charge >= 0.3 is 6.09 Å². The molecule has 0 aromatic rings. The number of hydrogen-bond donors (Lipinski definition) is 3. The first-order chi connectivity index (χ1) is 8.60. The molecular formula is C13H23NO4. The van der Waals surface area contributed by atoms with Crippen LogP contribution < -0.4 is 5.73 Å². The third-order valence-corrected chi connectivity index (χ3v) is 1.19. The summed E-state index contributed by atoms with van der Waals surface area (Å²) in [4.78, 5) is 9.60. The van der Waals surface area contributed by atoms with Crippen molar-refractivity contribution in [1.29, 1.82) is 0 Å². The van der Waals surface area contributed by atoms with Crippen molar-refractivity contribution in [2.24, 2.45) is 5.73 Å². The molecule has 0 heterocycles. The molecule has 0 radical (unpaired) electrons. The van der Waals surface area contributed by atoms with Crippen LogP contribution in [0.25, 0.3) is 0 Å². The summed E-state index contributed by atoms with van der Waals surface area (Å²) in [5.41, 5.74) is 4.54. The monoisotopic (exact) mass is 257 g/mol. The number of aliphatic hydroxyl groups excluding tert-OH is 2. The van der Waals surface area contributed by atoms with E-state index in [1.54, 1.807) is 6.92 Å². The topological polar surface area (TPSA) is 92.8 Å². The lowest BCUT2D eigenvalue weighted by molar-refractivity contribution is 0.163. The number of rotatable bonds is 3. The lowest BCUT2D eigenvalue weighted by atomic mass is 10.4. The number of aliphatic hydroxyl groups is 2. The summed E-state index contributed by atoms with van der Waals surface area (Å²) in [5.74, 6) is 5.01. The molecule has 0 saturated carbocycles. The highest BCUT2D eigenvalue weighted by Gasteiger charge is 1.82. The van der Waals surface area contributed by atoms with Gasteiger partial charge < -0.3 is 20.7 Å². The number of carbonyl (C=O) groups is 1. The second-order valence-electron chi connectivity index (χ2n) is 2.83. The van der Waals surface area contributed by atoms with Crippen LogP contribution in [0.2, 0.25) is 0 Å². The zero-order chi connectivity index (χ0) is 14.6. The maximum atomic E-state index is 9.60. The van der Waals surface area contributed by atoms with E-state index in [1.165, 1.54) is 0 Å². The lowest BCUT2D eigenvalue weighted by Crippen LogP contribution is -2.11. The van der Waals surface area contributed by atoms with Gasteiger partial charge in [0, 0.05) is 12.8 Å². The van der Waals surface area contributed by atoms with E-state index in [2.05, 4.69) is 22.3 Å². The summed E-state index contributed by atoms with van der Waals surface area (Å²) in [6, 6.07) is 0. The van der Waals surface area contributed by atoms with Crippen LogP contribution >= 0.6 is 0 Å². The molecule has 4 N–H and O–H groups in total. The van der Waals surface area contributed by atoms with Gasteiger partial charge in [0.05, 0.1) is 6.61 Å². The van der Waals surface area contributed by atoms with E-state index >= 15 is 0 Å². The number of amides is 1. The Labute approximate surface area is 109 Å². The van der Waals surface area contributed by atoms with Crippen LogP contribution in [0.3, 0.4) is 0 Å². The van der Waals surface area contributed by atoms with Gasteiger partial charge in [-0.3, -0.25) is 0 Å². The molecule has 5 heteroatoms. The Bertz CT molecular complexity index is 259. The fraction of sp³-hybridized carbons (Fsp3) is 0.615. The molecule has 0 atom stereocenters. The van der Waals surface area contributed by atoms with Crippen LogP contribution in [0.1, 0.15) is 46.5 Å². The third kappa shape index (κ3) is 48.3. The van der Waals surface area contributed by atoms with Crippen molar-refractivity contribution in [3.63, 3.8) is 0 Å². The minimum absolute atomic E-state index is 0.356. The first kappa shape index (κ1) is 21.3. The maximum Gasteiger partial charge on any atom is 0.404 e. The van der Waals surface area contributed by atoms with Crippen molar-refractivity contribution in [3.05, 3.63) is 0 Å². The molecule has 0 unspecified atom stereocenters. The number of unbranched alkanes of at least 4 members (excludes halogenated alkanes) is 2. The Hall–Kier alpha value is -2.01. The molecule has 0 fully saturated rings. The summed E-state index contributed by atoms with van der Waals surface area (Å²) in [7, 11) is 0. The molecule has 0 saturated heterocycles. The summed E-state index contributed by atoms with van der Waals surface area (Å²) < 4.78 is 4.18.